The highest BCUT2D eigenvalue weighted by molar-refractivity contribution is 7.80. The molecular weight excluding hydrogens is 642 g/mol. The highest BCUT2D eigenvalue weighted by Crippen LogP contribution is 2.41. The number of halogens is 4. The molecule has 1 aliphatic rings. The summed E-state index contributed by atoms with van der Waals surface area (Å²) in [6.07, 6.45) is -2.54. The first kappa shape index (κ1) is 37.2. The number of nitrogens with two attached hydrogens (primary N) is 1. The number of hydrogen-bond acceptors (Lipinski definition) is 4. The van der Waals surface area contributed by atoms with Gasteiger partial charge < -0.3 is 16.0 Å². The van der Waals surface area contributed by atoms with Gasteiger partial charge in [-0.15, -0.1) is 0 Å². The van der Waals surface area contributed by atoms with Crippen molar-refractivity contribution in [3.63, 3.8) is 0 Å². The van der Waals surface area contributed by atoms with Gasteiger partial charge in [-0.25, -0.2) is 4.39 Å². The number of thiocarbonyl (C=S) groups is 1. The van der Waals surface area contributed by atoms with Crippen molar-refractivity contribution >= 4 is 45.6 Å². The Labute approximate surface area is 284 Å². The van der Waals surface area contributed by atoms with Crippen LogP contribution in [0.3, 0.4) is 0 Å². The van der Waals surface area contributed by atoms with Crippen molar-refractivity contribution in [3.8, 4) is 0 Å². The highest BCUT2D eigenvalue weighted by Gasteiger charge is 2.46. The van der Waals surface area contributed by atoms with Gasteiger partial charge in [0.1, 0.15) is 17.1 Å². The standard InChI is InChI=1S/C37H45F4N3O3S/c1-5-21(3)27(34(42)48)19-32(46)36(16-15-31-29(20-36)26-11-8-12-30(33(26)43-31)37(39,40)41)44-35(47)28(22(4)6-2)18-25(45)14-13-23-9-7-10-24(38)17-23/h7-12,17,21-22,27-28,43H,5-6,13-16,18-20H2,1-4H3,(H2,42,48)(H,44,47)/t21?,22?,27-,28-,36?/m0/s1. The van der Waals surface area contributed by atoms with Crippen LogP contribution in [-0.2, 0) is 39.8 Å². The minimum atomic E-state index is -4.58. The molecule has 1 heterocycles. The van der Waals surface area contributed by atoms with Crippen LogP contribution in [0.15, 0.2) is 42.5 Å². The SMILES string of the molecule is CCC(C)[C@H](CC(=O)CCc1cccc(F)c1)C(=O)NC1(C(=O)C[C@H](C(N)=S)C(C)CC)CCc2[nH]c3c(C(F)(F)F)cccc3c2C1. The minimum Gasteiger partial charge on any atom is -0.393 e. The molecule has 6 nitrogen and oxygen atoms in total. The Kier molecular flexibility index (Phi) is 11.9. The molecule has 0 fully saturated rings. The second kappa shape index (κ2) is 15.3. The number of amides is 1. The average molecular weight is 688 g/mol. The molecule has 0 radical (unpaired) electrons. The van der Waals surface area contributed by atoms with E-state index in [1.807, 2.05) is 27.7 Å². The van der Waals surface area contributed by atoms with E-state index >= 15 is 0 Å². The van der Waals surface area contributed by atoms with Crippen molar-refractivity contribution in [1.29, 1.82) is 0 Å². The predicted molar refractivity (Wildman–Crippen MR) is 183 cm³/mol. The zero-order valence-corrected chi connectivity index (χ0v) is 28.8. The van der Waals surface area contributed by atoms with Gasteiger partial charge in [-0.3, -0.25) is 14.4 Å². The third kappa shape index (κ3) is 8.33. The summed E-state index contributed by atoms with van der Waals surface area (Å²) in [7, 11) is 0. The van der Waals surface area contributed by atoms with Crippen molar-refractivity contribution < 1.29 is 31.9 Å². The molecule has 260 valence electrons. The fourth-order valence-corrected chi connectivity index (χ4v) is 7.19. The number of ketones is 2. The van der Waals surface area contributed by atoms with Gasteiger partial charge in [0.2, 0.25) is 5.91 Å². The van der Waals surface area contributed by atoms with E-state index in [1.165, 1.54) is 18.2 Å². The number of aromatic nitrogens is 1. The van der Waals surface area contributed by atoms with Crippen LogP contribution < -0.4 is 11.1 Å². The Morgan fingerprint density at radius 2 is 1.69 bits per heavy atom. The third-order valence-corrected chi connectivity index (χ3v) is 10.6. The molecule has 2 aromatic carbocycles. The second-order valence-corrected chi connectivity index (χ2v) is 13.9. The number of para-hydroxylation sites is 1. The number of carbonyl (C=O) groups is 3. The number of hydrogen-bond donors (Lipinski definition) is 3. The van der Waals surface area contributed by atoms with Crippen LogP contribution in [0, 0.1) is 29.5 Å². The summed E-state index contributed by atoms with van der Waals surface area (Å²) in [5, 5.41) is 3.42. The molecule has 3 unspecified atom stereocenters. The van der Waals surface area contributed by atoms with Crippen LogP contribution in [0.25, 0.3) is 10.9 Å². The Bertz CT molecular complexity index is 1670. The van der Waals surface area contributed by atoms with Gasteiger partial charge in [0.25, 0.3) is 0 Å². The summed E-state index contributed by atoms with van der Waals surface area (Å²) in [6, 6.07) is 9.99. The Morgan fingerprint density at radius 3 is 2.31 bits per heavy atom. The van der Waals surface area contributed by atoms with E-state index < -0.39 is 40.8 Å². The van der Waals surface area contributed by atoms with Crippen LogP contribution in [0.4, 0.5) is 17.6 Å². The number of H-pyrrole nitrogens is 1. The molecule has 0 aliphatic heterocycles. The third-order valence-electron chi connectivity index (χ3n) is 10.3. The van der Waals surface area contributed by atoms with Gasteiger partial charge >= 0.3 is 6.18 Å². The van der Waals surface area contributed by atoms with E-state index in [1.54, 1.807) is 18.2 Å². The lowest BCUT2D eigenvalue weighted by Gasteiger charge is -2.39. The molecule has 3 aromatic rings. The van der Waals surface area contributed by atoms with E-state index in [0.29, 0.717) is 35.0 Å². The monoisotopic (exact) mass is 687 g/mol. The van der Waals surface area contributed by atoms with Crippen LogP contribution in [0.2, 0.25) is 0 Å². The topological polar surface area (TPSA) is 105 Å². The molecule has 0 bridgehead atoms. The fraction of sp³-hybridized carbons (Fsp3) is 0.514. The molecule has 4 rings (SSSR count). The van der Waals surface area contributed by atoms with Gasteiger partial charge in [-0.1, -0.05) is 77.0 Å². The van der Waals surface area contributed by atoms with Gasteiger partial charge in [0, 0.05) is 48.6 Å². The number of fused-ring (bicyclic) bond motifs is 3. The average Bonchev–Trinajstić information content (AvgIpc) is 3.41. The summed E-state index contributed by atoms with van der Waals surface area (Å²) in [5.41, 5.74) is 5.62. The molecule has 5 atom stereocenters. The quantitative estimate of drug-likeness (QED) is 0.112. The molecule has 1 aromatic heterocycles. The van der Waals surface area contributed by atoms with E-state index in [2.05, 4.69) is 10.3 Å². The smallest absolute Gasteiger partial charge is 0.393 e. The van der Waals surface area contributed by atoms with Crippen molar-refractivity contribution in [2.45, 2.75) is 97.2 Å². The first-order valence-corrected chi connectivity index (χ1v) is 17.1. The van der Waals surface area contributed by atoms with Crippen molar-refractivity contribution in [3.05, 3.63) is 70.7 Å². The van der Waals surface area contributed by atoms with Gasteiger partial charge in [-0.2, -0.15) is 13.2 Å². The molecule has 1 aliphatic carbocycles. The normalized spacial score (nSPS) is 18.8. The number of carbonyl (C=O) groups excluding carboxylic acids is 3. The first-order valence-electron chi connectivity index (χ1n) is 16.7. The second-order valence-electron chi connectivity index (χ2n) is 13.4. The first-order chi connectivity index (χ1) is 22.6. The Morgan fingerprint density at radius 1 is 1.02 bits per heavy atom. The largest absolute Gasteiger partial charge is 0.418 e. The summed E-state index contributed by atoms with van der Waals surface area (Å²) < 4.78 is 55.5. The van der Waals surface area contributed by atoms with E-state index in [0.717, 1.165) is 12.5 Å². The lowest BCUT2D eigenvalue weighted by Crippen LogP contribution is -2.60. The maximum atomic E-state index is 14.4. The molecule has 0 saturated heterocycles. The van der Waals surface area contributed by atoms with Crippen LogP contribution in [0.5, 0.6) is 0 Å². The lowest BCUT2D eigenvalue weighted by atomic mass is 9.72. The summed E-state index contributed by atoms with van der Waals surface area (Å²) in [4.78, 5) is 45.0. The Hall–Kier alpha value is -3.60. The molecule has 0 spiro atoms. The number of benzene rings is 2. The van der Waals surface area contributed by atoms with Crippen LogP contribution >= 0.6 is 12.2 Å². The lowest BCUT2D eigenvalue weighted by molar-refractivity contribution is -0.137. The van der Waals surface area contributed by atoms with Crippen LogP contribution in [0.1, 0.15) is 88.6 Å². The Balaban J connectivity index is 1.68. The molecule has 4 N–H and O–H groups in total. The van der Waals surface area contributed by atoms with E-state index in [9.17, 15) is 31.9 Å². The zero-order chi connectivity index (χ0) is 35.4. The van der Waals surface area contributed by atoms with Crippen LogP contribution in [-0.4, -0.2) is 33.0 Å². The predicted octanol–water partition coefficient (Wildman–Crippen LogP) is 7.83. The van der Waals surface area contributed by atoms with E-state index in [-0.39, 0.29) is 72.4 Å². The number of nitrogens with one attached hydrogen (secondary N) is 2. The summed E-state index contributed by atoms with van der Waals surface area (Å²) >= 11 is 5.34. The minimum absolute atomic E-state index is 0.00985. The summed E-state index contributed by atoms with van der Waals surface area (Å²) in [6.45, 7) is 7.71. The molecule has 0 saturated carbocycles. The van der Waals surface area contributed by atoms with Crippen molar-refractivity contribution in [1.82, 2.24) is 10.3 Å². The number of alkyl halides is 3. The zero-order valence-electron chi connectivity index (χ0n) is 27.9. The van der Waals surface area contributed by atoms with Crippen molar-refractivity contribution in [2.75, 3.05) is 0 Å². The van der Waals surface area contributed by atoms with Crippen molar-refractivity contribution in [2.24, 2.45) is 29.4 Å². The molecule has 48 heavy (non-hydrogen) atoms. The number of aryl methyl sites for hydroxylation is 2. The van der Waals surface area contributed by atoms with Gasteiger partial charge in [0.05, 0.1) is 16.1 Å². The highest BCUT2D eigenvalue weighted by atomic mass is 32.1. The molecule has 11 heteroatoms. The maximum absolute atomic E-state index is 14.4. The maximum Gasteiger partial charge on any atom is 0.418 e. The number of rotatable bonds is 15. The van der Waals surface area contributed by atoms with Gasteiger partial charge in [0.15, 0.2) is 5.78 Å². The van der Waals surface area contributed by atoms with Gasteiger partial charge in [-0.05, 0) is 60.4 Å². The number of aromatic amines is 1. The molecular formula is C37H45F4N3O3S. The molecule has 1 amide bonds. The number of Topliss-reactive ketones (excluding diaryl/α,β-unsaturated/α-hetero) is 2. The summed E-state index contributed by atoms with van der Waals surface area (Å²) in [5.74, 6) is -2.69. The van der Waals surface area contributed by atoms with E-state index in [4.69, 9.17) is 18.0 Å². The fourth-order valence-electron chi connectivity index (χ4n) is 6.87.